The lowest BCUT2D eigenvalue weighted by atomic mass is 9.92. The molecule has 0 heterocycles. The van der Waals surface area contributed by atoms with Crippen LogP contribution in [0.25, 0.3) is 0 Å². The first kappa shape index (κ1) is 13.0. The summed E-state index contributed by atoms with van der Waals surface area (Å²) in [4.78, 5) is 0. The van der Waals surface area contributed by atoms with Crippen molar-refractivity contribution in [2.75, 3.05) is 6.61 Å². The highest BCUT2D eigenvalue weighted by molar-refractivity contribution is 6.30. The van der Waals surface area contributed by atoms with Crippen molar-refractivity contribution in [1.82, 2.24) is 0 Å². The third-order valence-corrected chi connectivity index (χ3v) is 2.61. The summed E-state index contributed by atoms with van der Waals surface area (Å²) in [5, 5.41) is 9.55. The standard InChI is InChI=1S/C13H16ClNO/c1-13(2,10-15)7-8-16-9-11-3-5-12(14)6-4-11/h3-6H,7-9H2,1-2H3. The Morgan fingerprint density at radius 3 is 2.50 bits per heavy atom. The maximum absolute atomic E-state index is 8.82. The Morgan fingerprint density at radius 1 is 1.31 bits per heavy atom. The first-order chi connectivity index (χ1) is 7.53. The van der Waals surface area contributed by atoms with E-state index in [-0.39, 0.29) is 5.41 Å². The zero-order valence-corrected chi connectivity index (χ0v) is 10.4. The molecule has 86 valence electrons. The SMILES string of the molecule is CC(C)(C#N)CCOCc1ccc(Cl)cc1. The smallest absolute Gasteiger partial charge is 0.0716 e. The summed E-state index contributed by atoms with van der Waals surface area (Å²) >= 11 is 5.77. The van der Waals surface area contributed by atoms with Crippen LogP contribution >= 0.6 is 11.6 Å². The molecule has 16 heavy (non-hydrogen) atoms. The Hall–Kier alpha value is -1.04. The van der Waals surface area contributed by atoms with Gasteiger partial charge in [-0.2, -0.15) is 5.26 Å². The molecule has 0 aliphatic rings. The lowest BCUT2D eigenvalue weighted by Gasteiger charge is -2.14. The Labute approximate surface area is 102 Å². The normalized spacial score (nSPS) is 11.1. The van der Waals surface area contributed by atoms with E-state index < -0.39 is 0 Å². The van der Waals surface area contributed by atoms with Crippen LogP contribution in [-0.4, -0.2) is 6.61 Å². The van der Waals surface area contributed by atoms with Crippen molar-refractivity contribution >= 4 is 11.6 Å². The fraction of sp³-hybridized carbons (Fsp3) is 0.462. The van der Waals surface area contributed by atoms with Gasteiger partial charge in [-0.3, -0.25) is 0 Å². The minimum atomic E-state index is -0.306. The molecule has 0 aliphatic carbocycles. The second kappa shape index (κ2) is 5.89. The van der Waals surface area contributed by atoms with Crippen molar-refractivity contribution in [2.24, 2.45) is 5.41 Å². The van der Waals surface area contributed by atoms with Crippen molar-refractivity contribution in [3.8, 4) is 6.07 Å². The summed E-state index contributed by atoms with van der Waals surface area (Å²) in [6.07, 6.45) is 0.747. The highest BCUT2D eigenvalue weighted by Crippen LogP contribution is 2.18. The fourth-order valence-corrected chi connectivity index (χ4v) is 1.28. The molecule has 0 amide bonds. The van der Waals surface area contributed by atoms with Gasteiger partial charge in [-0.25, -0.2) is 0 Å². The third kappa shape index (κ3) is 4.65. The van der Waals surface area contributed by atoms with Gasteiger partial charge in [-0.15, -0.1) is 0 Å². The van der Waals surface area contributed by atoms with Gasteiger partial charge in [0.2, 0.25) is 0 Å². The summed E-state index contributed by atoms with van der Waals surface area (Å²) in [6.45, 7) is 5.00. The van der Waals surface area contributed by atoms with Gasteiger partial charge in [-0.05, 0) is 38.0 Å². The van der Waals surface area contributed by atoms with E-state index in [1.807, 2.05) is 38.1 Å². The number of hydrogen-bond acceptors (Lipinski definition) is 2. The summed E-state index contributed by atoms with van der Waals surface area (Å²) in [5.74, 6) is 0. The van der Waals surface area contributed by atoms with Gasteiger partial charge < -0.3 is 4.74 Å². The lowest BCUT2D eigenvalue weighted by molar-refractivity contribution is 0.102. The van der Waals surface area contributed by atoms with Crippen LogP contribution in [0.2, 0.25) is 5.02 Å². The predicted molar refractivity (Wildman–Crippen MR) is 65.1 cm³/mol. The second-order valence-electron chi connectivity index (χ2n) is 4.42. The van der Waals surface area contributed by atoms with Gasteiger partial charge in [0.25, 0.3) is 0 Å². The molecular formula is C13H16ClNO. The minimum Gasteiger partial charge on any atom is -0.377 e. The number of rotatable bonds is 5. The topological polar surface area (TPSA) is 33.0 Å². The van der Waals surface area contributed by atoms with E-state index in [2.05, 4.69) is 6.07 Å². The van der Waals surface area contributed by atoms with Gasteiger partial charge in [0, 0.05) is 11.6 Å². The summed E-state index contributed by atoms with van der Waals surface area (Å²) < 4.78 is 5.50. The molecule has 2 nitrogen and oxygen atoms in total. The van der Waals surface area contributed by atoms with Crippen LogP contribution in [0.4, 0.5) is 0 Å². The molecule has 0 aliphatic heterocycles. The van der Waals surface area contributed by atoms with Crippen molar-refractivity contribution in [3.05, 3.63) is 34.9 Å². The molecular weight excluding hydrogens is 222 g/mol. The van der Waals surface area contributed by atoms with E-state index in [1.54, 1.807) is 0 Å². The molecule has 0 bridgehead atoms. The van der Waals surface area contributed by atoms with Crippen LogP contribution in [0.1, 0.15) is 25.8 Å². The Bertz CT molecular complexity index is 365. The monoisotopic (exact) mass is 237 g/mol. The van der Waals surface area contributed by atoms with Crippen LogP contribution in [0.15, 0.2) is 24.3 Å². The van der Waals surface area contributed by atoms with Gasteiger partial charge >= 0.3 is 0 Å². The van der Waals surface area contributed by atoms with E-state index >= 15 is 0 Å². The van der Waals surface area contributed by atoms with Crippen LogP contribution < -0.4 is 0 Å². The van der Waals surface area contributed by atoms with Crippen molar-refractivity contribution in [3.63, 3.8) is 0 Å². The number of benzene rings is 1. The number of nitriles is 1. The largest absolute Gasteiger partial charge is 0.377 e. The Morgan fingerprint density at radius 2 is 1.94 bits per heavy atom. The molecule has 0 atom stereocenters. The molecule has 0 unspecified atom stereocenters. The van der Waals surface area contributed by atoms with Crippen LogP contribution in [0.5, 0.6) is 0 Å². The maximum atomic E-state index is 8.82. The number of halogens is 1. The number of hydrogen-bond donors (Lipinski definition) is 0. The average molecular weight is 238 g/mol. The maximum Gasteiger partial charge on any atom is 0.0716 e. The van der Waals surface area contributed by atoms with Crippen LogP contribution in [-0.2, 0) is 11.3 Å². The highest BCUT2D eigenvalue weighted by Gasteiger charge is 2.15. The van der Waals surface area contributed by atoms with Crippen LogP contribution in [0.3, 0.4) is 0 Å². The zero-order valence-electron chi connectivity index (χ0n) is 9.66. The first-order valence-corrected chi connectivity index (χ1v) is 5.65. The van der Waals surface area contributed by atoms with E-state index in [0.29, 0.717) is 13.2 Å². The first-order valence-electron chi connectivity index (χ1n) is 5.27. The minimum absolute atomic E-state index is 0.306. The van der Waals surface area contributed by atoms with Gasteiger partial charge in [0.15, 0.2) is 0 Å². The lowest BCUT2D eigenvalue weighted by Crippen LogP contribution is -2.11. The van der Waals surface area contributed by atoms with E-state index in [1.165, 1.54) is 0 Å². The predicted octanol–water partition coefficient (Wildman–Crippen LogP) is 3.80. The van der Waals surface area contributed by atoms with Gasteiger partial charge in [-0.1, -0.05) is 23.7 Å². The molecule has 0 spiro atoms. The molecule has 3 heteroatoms. The molecule has 1 rings (SSSR count). The molecule has 0 radical (unpaired) electrons. The summed E-state index contributed by atoms with van der Waals surface area (Å²) in [5.41, 5.74) is 0.791. The van der Waals surface area contributed by atoms with Gasteiger partial charge in [0.05, 0.1) is 18.1 Å². The van der Waals surface area contributed by atoms with E-state index in [4.69, 9.17) is 21.6 Å². The van der Waals surface area contributed by atoms with Crippen molar-refractivity contribution in [1.29, 1.82) is 5.26 Å². The van der Waals surface area contributed by atoms with Crippen molar-refractivity contribution in [2.45, 2.75) is 26.9 Å². The second-order valence-corrected chi connectivity index (χ2v) is 4.86. The molecule has 1 aromatic rings. The van der Waals surface area contributed by atoms with Crippen LogP contribution in [0, 0.1) is 16.7 Å². The molecule has 1 aromatic carbocycles. The van der Waals surface area contributed by atoms with E-state index in [9.17, 15) is 0 Å². The average Bonchev–Trinajstić information content (AvgIpc) is 2.27. The molecule has 0 saturated heterocycles. The molecule has 0 aromatic heterocycles. The van der Waals surface area contributed by atoms with Crippen molar-refractivity contribution < 1.29 is 4.74 Å². The third-order valence-electron chi connectivity index (χ3n) is 2.36. The fourth-order valence-electron chi connectivity index (χ4n) is 1.15. The van der Waals surface area contributed by atoms with Gasteiger partial charge in [0.1, 0.15) is 0 Å². The molecule has 0 saturated carbocycles. The highest BCUT2D eigenvalue weighted by atomic mass is 35.5. The Kier molecular flexibility index (Phi) is 4.79. The van der Waals surface area contributed by atoms with E-state index in [0.717, 1.165) is 17.0 Å². The molecule has 0 N–H and O–H groups in total. The summed E-state index contributed by atoms with van der Waals surface area (Å²) in [7, 11) is 0. The number of ether oxygens (including phenoxy) is 1. The quantitative estimate of drug-likeness (QED) is 0.730. The summed E-state index contributed by atoms with van der Waals surface area (Å²) in [6, 6.07) is 9.83. The number of nitrogens with zero attached hydrogens (tertiary/aromatic N) is 1. The molecule has 0 fully saturated rings. The zero-order chi connectivity index (χ0) is 12.0. The Balaban J connectivity index is 2.27.